The van der Waals surface area contributed by atoms with E-state index in [9.17, 15) is 0 Å². The van der Waals surface area contributed by atoms with Crippen molar-refractivity contribution in [3.63, 3.8) is 0 Å². The quantitative estimate of drug-likeness (QED) is 0.752. The molecule has 0 saturated carbocycles. The molecule has 1 aliphatic heterocycles. The van der Waals surface area contributed by atoms with Crippen LogP contribution in [0, 0.1) is 0 Å². The summed E-state index contributed by atoms with van der Waals surface area (Å²) in [6.07, 6.45) is 0.302. The molecule has 1 aromatic rings. The third kappa shape index (κ3) is 1.75. The molecule has 1 aromatic carbocycles. The summed E-state index contributed by atoms with van der Waals surface area (Å²) in [6, 6.07) is 7.72. The fraction of sp³-hybridized carbons (Fsp3) is 0.400. The Balaban J connectivity index is 2.08. The topological polar surface area (TPSA) is 30.5 Å². The van der Waals surface area contributed by atoms with E-state index in [0.717, 1.165) is 24.6 Å². The standard InChI is InChI=1S/C10H13NO2/c1-12-9-4-2-3-5-10(9)13-8-6-11-7-8/h2-5,8,11H,6-7H2,1H3. The zero-order valence-electron chi connectivity index (χ0n) is 7.62. The zero-order chi connectivity index (χ0) is 9.10. The Kier molecular flexibility index (Phi) is 2.36. The lowest BCUT2D eigenvalue weighted by atomic mass is 10.2. The predicted molar refractivity (Wildman–Crippen MR) is 50.3 cm³/mol. The third-order valence-electron chi connectivity index (χ3n) is 2.11. The van der Waals surface area contributed by atoms with Crippen LogP contribution in [0.3, 0.4) is 0 Å². The fourth-order valence-electron chi connectivity index (χ4n) is 1.24. The summed E-state index contributed by atoms with van der Waals surface area (Å²) in [5, 5.41) is 3.15. The number of ether oxygens (including phenoxy) is 2. The van der Waals surface area contributed by atoms with Gasteiger partial charge in [0.25, 0.3) is 0 Å². The highest BCUT2D eigenvalue weighted by molar-refractivity contribution is 5.39. The van der Waals surface area contributed by atoms with Gasteiger partial charge in [0, 0.05) is 13.1 Å². The van der Waals surface area contributed by atoms with Gasteiger partial charge in [0.2, 0.25) is 0 Å². The molecule has 13 heavy (non-hydrogen) atoms. The SMILES string of the molecule is COc1ccccc1OC1CNC1. The maximum atomic E-state index is 5.68. The molecule has 2 rings (SSSR count). The van der Waals surface area contributed by atoms with Gasteiger partial charge in [0.1, 0.15) is 6.10 Å². The van der Waals surface area contributed by atoms with Gasteiger partial charge in [0.15, 0.2) is 11.5 Å². The molecule has 0 radical (unpaired) electrons. The number of benzene rings is 1. The molecule has 3 nitrogen and oxygen atoms in total. The van der Waals surface area contributed by atoms with Crippen molar-refractivity contribution in [1.29, 1.82) is 0 Å². The second-order valence-corrected chi connectivity index (χ2v) is 3.05. The lowest BCUT2D eigenvalue weighted by Gasteiger charge is -2.28. The van der Waals surface area contributed by atoms with Gasteiger partial charge in [-0.15, -0.1) is 0 Å². The molecule has 0 amide bonds. The third-order valence-corrected chi connectivity index (χ3v) is 2.11. The summed E-state index contributed by atoms with van der Waals surface area (Å²) in [7, 11) is 1.65. The molecule has 70 valence electrons. The number of nitrogens with one attached hydrogen (secondary N) is 1. The van der Waals surface area contributed by atoms with Gasteiger partial charge < -0.3 is 14.8 Å². The molecule has 0 unspecified atom stereocenters. The molecule has 0 aliphatic carbocycles. The summed E-state index contributed by atoms with van der Waals surface area (Å²) in [5.41, 5.74) is 0. The van der Waals surface area contributed by atoms with Crippen molar-refractivity contribution >= 4 is 0 Å². The maximum absolute atomic E-state index is 5.68. The average molecular weight is 179 g/mol. The monoisotopic (exact) mass is 179 g/mol. The van der Waals surface area contributed by atoms with Crippen LogP contribution in [0.2, 0.25) is 0 Å². The second kappa shape index (κ2) is 3.66. The summed E-state index contributed by atoms with van der Waals surface area (Å²) < 4.78 is 10.9. The minimum Gasteiger partial charge on any atom is -0.493 e. The van der Waals surface area contributed by atoms with Gasteiger partial charge in [-0.2, -0.15) is 0 Å². The van der Waals surface area contributed by atoms with E-state index in [4.69, 9.17) is 9.47 Å². The number of hydrogen-bond donors (Lipinski definition) is 1. The number of para-hydroxylation sites is 2. The van der Waals surface area contributed by atoms with Gasteiger partial charge in [-0.3, -0.25) is 0 Å². The molecule has 1 heterocycles. The highest BCUT2D eigenvalue weighted by Crippen LogP contribution is 2.27. The first kappa shape index (κ1) is 8.38. The van der Waals surface area contributed by atoms with Crippen LogP contribution in [-0.2, 0) is 0 Å². The van der Waals surface area contributed by atoms with Gasteiger partial charge in [0.05, 0.1) is 7.11 Å². The second-order valence-electron chi connectivity index (χ2n) is 3.05. The normalized spacial score (nSPS) is 16.4. The first-order valence-electron chi connectivity index (χ1n) is 4.40. The maximum Gasteiger partial charge on any atom is 0.161 e. The first-order chi connectivity index (χ1) is 6.40. The van der Waals surface area contributed by atoms with E-state index < -0.39 is 0 Å². The minimum absolute atomic E-state index is 0.302. The van der Waals surface area contributed by atoms with Crippen molar-refractivity contribution in [2.45, 2.75) is 6.10 Å². The highest BCUT2D eigenvalue weighted by atomic mass is 16.5. The number of methoxy groups -OCH3 is 1. The van der Waals surface area contributed by atoms with Crippen LogP contribution in [0.5, 0.6) is 11.5 Å². The van der Waals surface area contributed by atoms with Crippen LogP contribution in [0.15, 0.2) is 24.3 Å². The molecule has 0 bridgehead atoms. The van der Waals surface area contributed by atoms with Crippen molar-refractivity contribution in [1.82, 2.24) is 5.32 Å². The molecule has 1 aliphatic rings. The van der Waals surface area contributed by atoms with Gasteiger partial charge in [-0.25, -0.2) is 0 Å². The summed E-state index contributed by atoms with van der Waals surface area (Å²) in [5.74, 6) is 1.63. The Hall–Kier alpha value is -1.22. The van der Waals surface area contributed by atoms with E-state index in [2.05, 4.69) is 5.32 Å². The Labute approximate surface area is 77.7 Å². The van der Waals surface area contributed by atoms with Crippen molar-refractivity contribution < 1.29 is 9.47 Å². The van der Waals surface area contributed by atoms with Crippen molar-refractivity contribution in [2.24, 2.45) is 0 Å². The van der Waals surface area contributed by atoms with Gasteiger partial charge in [-0.1, -0.05) is 12.1 Å². The van der Waals surface area contributed by atoms with Crippen LogP contribution in [0.4, 0.5) is 0 Å². The highest BCUT2D eigenvalue weighted by Gasteiger charge is 2.19. The van der Waals surface area contributed by atoms with Crippen LogP contribution in [0.25, 0.3) is 0 Å². The minimum atomic E-state index is 0.302. The Morgan fingerprint density at radius 3 is 2.46 bits per heavy atom. The summed E-state index contributed by atoms with van der Waals surface area (Å²) in [6.45, 7) is 1.86. The molecule has 3 heteroatoms. The van der Waals surface area contributed by atoms with E-state index in [-0.39, 0.29) is 0 Å². The molecular formula is C10H13NO2. The Morgan fingerprint density at radius 2 is 1.92 bits per heavy atom. The molecule has 0 atom stereocenters. The van der Waals surface area contributed by atoms with Crippen LogP contribution in [0.1, 0.15) is 0 Å². The van der Waals surface area contributed by atoms with E-state index in [1.165, 1.54) is 0 Å². The van der Waals surface area contributed by atoms with Crippen LogP contribution in [-0.4, -0.2) is 26.3 Å². The Bertz CT molecular complexity index is 284. The van der Waals surface area contributed by atoms with Gasteiger partial charge >= 0.3 is 0 Å². The molecule has 1 saturated heterocycles. The lowest BCUT2D eigenvalue weighted by molar-refractivity contribution is 0.137. The fourth-order valence-corrected chi connectivity index (χ4v) is 1.24. The number of hydrogen-bond acceptors (Lipinski definition) is 3. The van der Waals surface area contributed by atoms with E-state index >= 15 is 0 Å². The first-order valence-corrected chi connectivity index (χ1v) is 4.40. The van der Waals surface area contributed by atoms with Crippen LogP contribution < -0.4 is 14.8 Å². The molecular weight excluding hydrogens is 166 g/mol. The molecule has 0 aromatic heterocycles. The summed E-state index contributed by atoms with van der Waals surface area (Å²) >= 11 is 0. The number of rotatable bonds is 3. The summed E-state index contributed by atoms with van der Waals surface area (Å²) in [4.78, 5) is 0. The molecule has 1 N–H and O–H groups in total. The van der Waals surface area contributed by atoms with Crippen molar-refractivity contribution in [3.05, 3.63) is 24.3 Å². The van der Waals surface area contributed by atoms with Crippen molar-refractivity contribution in [2.75, 3.05) is 20.2 Å². The smallest absolute Gasteiger partial charge is 0.161 e. The molecule has 1 fully saturated rings. The Morgan fingerprint density at radius 1 is 1.23 bits per heavy atom. The van der Waals surface area contributed by atoms with Crippen molar-refractivity contribution in [3.8, 4) is 11.5 Å². The largest absolute Gasteiger partial charge is 0.493 e. The zero-order valence-corrected chi connectivity index (χ0v) is 7.62. The van der Waals surface area contributed by atoms with Gasteiger partial charge in [-0.05, 0) is 12.1 Å². The van der Waals surface area contributed by atoms with E-state index in [1.807, 2.05) is 24.3 Å². The average Bonchev–Trinajstić information content (AvgIpc) is 2.12. The van der Waals surface area contributed by atoms with Crippen LogP contribution >= 0.6 is 0 Å². The predicted octanol–water partition coefficient (Wildman–Crippen LogP) is 1.05. The lowest BCUT2D eigenvalue weighted by Crippen LogP contribution is -2.50. The molecule has 0 spiro atoms. The van der Waals surface area contributed by atoms with E-state index in [1.54, 1.807) is 7.11 Å². The van der Waals surface area contributed by atoms with E-state index in [0.29, 0.717) is 6.10 Å².